The van der Waals surface area contributed by atoms with E-state index in [0.29, 0.717) is 22.2 Å². The summed E-state index contributed by atoms with van der Waals surface area (Å²) in [4.78, 5) is 28.0. The van der Waals surface area contributed by atoms with Crippen LogP contribution in [0.2, 0.25) is 0 Å². The first-order valence-corrected chi connectivity index (χ1v) is 8.98. The molecule has 1 aromatic carbocycles. The van der Waals surface area contributed by atoms with Gasteiger partial charge in [-0.3, -0.25) is 9.78 Å². The number of thioether (sulfide) groups is 1. The van der Waals surface area contributed by atoms with Crippen LogP contribution in [0.25, 0.3) is 11.4 Å². The lowest BCUT2D eigenvalue weighted by Gasteiger charge is -2.09. The normalized spacial score (nSPS) is 10.4. The highest BCUT2D eigenvalue weighted by Crippen LogP contribution is 2.22. The highest BCUT2D eigenvalue weighted by atomic mass is 32.2. The Hall–Kier alpha value is -3.20. The van der Waals surface area contributed by atoms with Crippen molar-refractivity contribution in [1.82, 2.24) is 19.7 Å². The first-order valence-electron chi connectivity index (χ1n) is 8.00. The van der Waals surface area contributed by atoms with Crippen LogP contribution >= 0.6 is 11.8 Å². The third-order valence-corrected chi connectivity index (χ3v) is 4.73. The highest BCUT2D eigenvalue weighted by Gasteiger charge is 2.15. The third kappa shape index (κ3) is 4.32. The summed E-state index contributed by atoms with van der Waals surface area (Å²) >= 11 is 1.26. The van der Waals surface area contributed by atoms with Gasteiger partial charge in [-0.1, -0.05) is 23.9 Å². The molecule has 2 heterocycles. The van der Waals surface area contributed by atoms with Crippen molar-refractivity contribution in [3.63, 3.8) is 0 Å². The molecule has 1 N–H and O–H groups in total. The van der Waals surface area contributed by atoms with Gasteiger partial charge >= 0.3 is 5.97 Å². The number of carbonyl (C=O) groups is 2. The molecule has 1 amide bonds. The predicted molar refractivity (Wildman–Crippen MR) is 101 cm³/mol. The van der Waals surface area contributed by atoms with E-state index in [-0.39, 0.29) is 11.7 Å². The second-order valence-corrected chi connectivity index (χ2v) is 6.42. The second kappa shape index (κ2) is 8.45. The Balaban J connectivity index is 1.66. The molecule has 0 aliphatic heterocycles. The van der Waals surface area contributed by atoms with Crippen molar-refractivity contribution in [1.29, 1.82) is 0 Å². The van der Waals surface area contributed by atoms with Crippen LogP contribution in [-0.2, 0) is 16.6 Å². The number of rotatable bonds is 6. The predicted octanol–water partition coefficient (Wildman–Crippen LogP) is 2.39. The van der Waals surface area contributed by atoms with Gasteiger partial charge in [0.25, 0.3) is 0 Å². The van der Waals surface area contributed by atoms with Crippen LogP contribution in [0.3, 0.4) is 0 Å². The number of benzene rings is 1. The molecule has 0 unspecified atom stereocenters. The van der Waals surface area contributed by atoms with E-state index < -0.39 is 5.97 Å². The van der Waals surface area contributed by atoms with Crippen LogP contribution < -0.4 is 5.32 Å². The minimum atomic E-state index is -0.506. The molecule has 27 heavy (non-hydrogen) atoms. The zero-order chi connectivity index (χ0) is 19.2. The fourth-order valence-electron chi connectivity index (χ4n) is 2.39. The maximum Gasteiger partial charge on any atom is 0.339 e. The Kier molecular flexibility index (Phi) is 5.82. The van der Waals surface area contributed by atoms with Crippen molar-refractivity contribution in [2.24, 2.45) is 7.05 Å². The van der Waals surface area contributed by atoms with E-state index in [2.05, 4.69) is 20.5 Å². The van der Waals surface area contributed by atoms with Crippen molar-refractivity contribution in [3.8, 4) is 11.4 Å². The number of methoxy groups -OCH3 is 1. The van der Waals surface area contributed by atoms with E-state index in [1.807, 2.05) is 23.7 Å². The Morgan fingerprint density at radius 1 is 1.15 bits per heavy atom. The van der Waals surface area contributed by atoms with Gasteiger partial charge in [0.1, 0.15) is 0 Å². The molecular weight excluding hydrogens is 366 g/mol. The molecule has 0 radical (unpaired) electrons. The number of aromatic nitrogens is 4. The van der Waals surface area contributed by atoms with Crippen LogP contribution in [0.1, 0.15) is 10.4 Å². The molecule has 0 aliphatic carbocycles. The van der Waals surface area contributed by atoms with Crippen molar-refractivity contribution in [3.05, 3.63) is 54.4 Å². The molecule has 9 heteroatoms. The van der Waals surface area contributed by atoms with Gasteiger partial charge in [0.15, 0.2) is 11.0 Å². The summed E-state index contributed by atoms with van der Waals surface area (Å²) < 4.78 is 6.54. The number of ether oxygens (including phenoxy) is 1. The summed E-state index contributed by atoms with van der Waals surface area (Å²) in [6.45, 7) is 0. The number of carbonyl (C=O) groups excluding carboxylic acids is 2. The van der Waals surface area contributed by atoms with Crippen molar-refractivity contribution in [2.45, 2.75) is 5.16 Å². The average Bonchev–Trinajstić information content (AvgIpc) is 3.07. The maximum atomic E-state index is 12.3. The van der Waals surface area contributed by atoms with Gasteiger partial charge in [-0.05, 0) is 24.3 Å². The van der Waals surface area contributed by atoms with Crippen LogP contribution in [0.5, 0.6) is 0 Å². The number of hydrogen-bond donors (Lipinski definition) is 1. The van der Waals surface area contributed by atoms with E-state index in [0.717, 1.165) is 5.56 Å². The SMILES string of the molecule is COC(=O)c1ccccc1NC(=O)CSc1nnc(-c2ccncc2)n1C. The van der Waals surface area contributed by atoms with E-state index in [4.69, 9.17) is 4.74 Å². The topological polar surface area (TPSA) is 99.0 Å². The Morgan fingerprint density at radius 3 is 2.63 bits per heavy atom. The smallest absolute Gasteiger partial charge is 0.339 e. The number of esters is 1. The van der Waals surface area contributed by atoms with Crippen molar-refractivity contribution in [2.75, 3.05) is 18.2 Å². The first kappa shape index (κ1) is 18.6. The number of anilines is 1. The molecule has 0 saturated heterocycles. The monoisotopic (exact) mass is 383 g/mol. The Bertz CT molecular complexity index is 959. The molecule has 0 atom stereocenters. The van der Waals surface area contributed by atoms with E-state index in [1.54, 1.807) is 36.7 Å². The lowest BCUT2D eigenvalue weighted by atomic mass is 10.2. The fraction of sp³-hybridized carbons (Fsp3) is 0.167. The van der Waals surface area contributed by atoms with Gasteiger partial charge in [0.05, 0.1) is 24.1 Å². The largest absolute Gasteiger partial charge is 0.465 e. The minimum absolute atomic E-state index is 0.123. The zero-order valence-electron chi connectivity index (χ0n) is 14.7. The summed E-state index contributed by atoms with van der Waals surface area (Å²) in [7, 11) is 3.13. The van der Waals surface area contributed by atoms with Gasteiger partial charge < -0.3 is 14.6 Å². The van der Waals surface area contributed by atoms with Gasteiger partial charge in [-0.2, -0.15) is 0 Å². The highest BCUT2D eigenvalue weighted by molar-refractivity contribution is 7.99. The Morgan fingerprint density at radius 2 is 1.89 bits per heavy atom. The van der Waals surface area contributed by atoms with E-state index in [9.17, 15) is 9.59 Å². The van der Waals surface area contributed by atoms with Gasteiger partial charge in [-0.15, -0.1) is 10.2 Å². The molecule has 0 spiro atoms. The lowest BCUT2D eigenvalue weighted by molar-refractivity contribution is -0.113. The average molecular weight is 383 g/mol. The molecule has 0 fully saturated rings. The van der Waals surface area contributed by atoms with E-state index in [1.165, 1.54) is 18.9 Å². The molecule has 2 aromatic heterocycles. The molecular formula is C18H17N5O3S. The summed E-state index contributed by atoms with van der Waals surface area (Å²) in [5.41, 5.74) is 1.60. The molecule has 0 saturated carbocycles. The van der Waals surface area contributed by atoms with Gasteiger partial charge in [0.2, 0.25) is 5.91 Å². The number of hydrogen-bond acceptors (Lipinski definition) is 7. The summed E-state index contributed by atoms with van der Waals surface area (Å²) in [5, 5.41) is 11.6. The van der Waals surface area contributed by atoms with Gasteiger partial charge in [-0.25, -0.2) is 4.79 Å². The maximum absolute atomic E-state index is 12.3. The van der Waals surface area contributed by atoms with Crippen LogP contribution in [0.4, 0.5) is 5.69 Å². The summed E-state index contributed by atoms with van der Waals surface area (Å²) in [5.74, 6) is 0.0488. The molecule has 3 rings (SSSR count). The number of pyridine rings is 1. The van der Waals surface area contributed by atoms with Crippen LogP contribution in [-0.4, -0.2) is 44.5 Å². The Labute approximate surface area is 160 Å². The second-order valence-electron chi connectivity index (χ2n) is 5.48. The van der Waals surface area contributed by atoms with Crippen LogP contribution in [0.15, 0.2) is 53.9 Å². The molecule has 0 aliphatic rings. The van der Waals surface area contributed by atoms with Gasteiger partial charge in [0, 0.05) is 25.0 Å². The standard InChI is InChI=1S/C18H17N5O3S/c1-23-16(12-7-9-19-10-8-12)21-22-18(23)27-11-15(24)20-14-6-4-3-5-13(14)17(25)26-2/h3-10H,11H2,1-2H3,(H,20,24). The summed E-state index contributed by atoms with van der Waals surface area (Å²) in [6, 6.07) is 10.4. The fourth-order valence-corrected chi connectivity index (χ4v) is 3.10. The number of nitrogens with one attached hydrogen (secondary N) is 1. The zero-order valence-corrected chi connectivity index (χ0v) is 15.6. The quantitative estimate of drug-likeness (QED) is 0.515. The summed E-state index contributed by atoms with van der Waals surface area (Å²) in [6.07, 6.45) is 3.37. The van der Waals surface area contributed by atoms with Crippen molar-refractivity contribution < 1.29 is 14.3 Å². The number of nitrogens with zero attached hydrogens (tertiary/aromatic N) is 4. The molecule has 138 valence electrons. The van der Waals surface area contributed by atoms with Crippen LogP contribution in [0, 0.1) is 0 Å². The first-order chi connectivity index (χ1) is 13.1. The minimum Gasteiger partial charge on any atom is -0.465 e. The number of para-hydroxylation sites is 1. The molecule has 3 aromatic rings. The van der Waals surface area contributed by atoms with Crippen molar-refractivity contribution >= 4 is 29.3 Å². The number of amides is 1. The molecule has 0 bridgehead atoms. The third-order valence-electron chi connectivity index (χ3n) is 3.71. The van der Waals surface area contributed by atoms with E-state index >= 15 is 0 Å². The molecule has 8 nitrogen and oxygen atoms in total. The lowest BCUT2D eigenvalue weighted by Crippen LogP contribution is -2.17.